The van der Waals surface area contributed by atoms with Crippen LogP contribution < -0.4 is 5.32 Å². The minimum Gasteiger partial charge on any atom is -0.380 e. The van der Waals surface area contributed by atoms with Crippen LogP contribution in [0.4, 0.5) is 4.39 Å². The van der Waals surface area contributed by atoms with E-state index in [2.05, 4.69) is 12.2 Å². The van der Waals surface area contributed by atoms with Crippen LogP contribution in [0.3, 0.4) is 0 Å². The zero-order valence-electron chi connectivity index (χ0n) is 9.93. The average Bonchev–Trinajstić information content (AvgIpc) is 2.31. The molecule has 94 valence electrons. The Morgan fingerprint density at radius 2 is 2.35 bits per heavy atom. The van der Waals surface area contributed by atoms with Gasteiger partial charge < -0.3 is 10.1 Å². The molecule has 0 amide bonds. The van der Waals surface area contributed by atoms with Crippen LogP contribution in [0.1, 0.15) is 25.3 Å². The molecule has 1 aromatic rings. The number of benzene rings is 1. The number of hydrogen-bond acceptors (Lipinski definition) is 2. The van der Waals surface area contributed by atoms with Crippen LogP contribution >= 0.6 is 11.6 Å². The second-order valence-corrected chi connectivity index (χ2v) is 5.24. The molecule has 1 unspecified atom stereocenters. The van der Waals surface area contributed by atoms with Crippen molar-refractivity contribution in [2.75, 3.05) is 13.2 Å². The van der Waals surface area contributed by atoms with Crippen molar-refractivity contribution in [3.05, 3.63) is 34.6 Å². The Morgan fingerprint density at radius 3 is 3.06 bits per heavy atom. The van der Waals surface area contributed by atoms with Crippen LogP contribution in [0.2, 0.25) is 5.02 Å². The van der Waals surface area contributed by atoms with Gasteiger partial charge in [0.25, 0.3) is 0 Å². The number of halogens is 2. The first kappa shape index (κ1) is 12.8. The summed E-state index contributed by atoms with van der Waals surface area (Å²) in [5, 5.41) is 3.92. The largest absolute Gasteiger partial charge is 0.380 e. The zero-order valence-corrected chi connectivity index (χ0v) is 10.7. The topological polar surface area (TPSA) is 21.3 Å². The molecule has 1 saturated heterocycles. The van der Waals surface area contributed by atoms with E-state index in [4.69, 9.17) is 16.3 Å². The SMILES string of the molecule is CC1(NCc2cc(Cl)ccc2F)CCCOC1. The van der Waals surface area contributed by atoms with E-state index < -0.39 is 0 Å². The maximum absolute atomic E-state index is 13.5. The number of hydrogen-bond donors (Lipinski definition) is 1. The Kier molecular flexibility index (Phi) is 4.02. The summed E-state index contributed by atoms with van der Waals surface area (Å²) in [4.78, 5) is 0. The van der Waals surface area contributed by atoms with Gasteiger partial charge in [-0.1, -0.05) is 11.6 Å². The second-order valence-electron chi connectivity index (χ2n) is 4.81. The van der Waals surface area contributed by atoms with Gasteiger partial charge in [-0.2, -0.15) is 0 Å². The molecule has 1 fully saturated rings. The van der Waals surface area contributed by atoms with Gasteiger partial charge >= 0.3 is 0 Å². The second kappa shape index (κ2) is 5.34. The molecule has 1 N–H and O–H groups in total. The Hall–Kier alpha value is -0.640. The molecule has 0 spiro atoms. The number of rotatable bonds is 3. The van der Waals surface area contributed by atoms with Gasteiger partial charge in [-0.25, -0.2) is 4.39 Å². The Bertz CT molecular complexity index is 391. The van der Waals surface area contributed by atoms with E-state index in [-0.39, 0.29) is 11.4 Å². The Balaban J connectivity index is 1.99. The van der Waals surface area contributed by atoms with Crippen LogP contribution in [0.15, 0.2) is 18.2 Å². The molecule has 17 heavy (non-hydrogen) atoms. The van der Waals surface area contributed by atoms with Crippen LogP contribution in [0.5, 0.6) is 0 Å². The minimum atomic E-state index is -0.220. The third-order valence-corrected chi connectivity index (χ3v) is 3.39. The molecule has 1 aliphatic heterocycles. The van der Waals surface area contributed by atoms with Gasteiger partial charge in [-0.15, -0.1) is 0 Å². The molecule has 4 heteroatoms. The van der Waals surface area contributed by atoms with Crippen molar-refractivity contribution in [2.45, 2.75) is 31.8 Å². The van der Waals surface area contributed by atoms with Crippen molar-refractivity contribution < 1.29 is 9.13 Å². The molecular formula is C13H17ClFNO. The lowest BCUT2D eigenvalue weighted by Gasteiger charge is -2.34. The predicted molar refractivity (Wildman–Crippen MR) is 66.7 cm³/mol. The highest BCUT2D eigenvalue weighted by atomic mass is 35.5. The summed E-state index contributed by atoms with van der Waals surface area (Å²) in [6.45, 7) is 4.08. The quantitative estimate of drug-likeness (QED) is 0.898. The summed E-state index contributed by atoms with van der Waals surface area (Å²) >= 11 is 5.85. The van der Waals surface area contributed by atoms with Gasteiger partial charge in [0.05, 0.1) is 6.61 Å². The highest BCUT2D eigenvalue weighted by molar-refractivity contribution is 6.30. The molecule has 1 aromatic carbocycles. The normalized spacial score (nSPS) is 24.9. The molecule has 1 atom stereocenters. The Labute approximate surface area is 106 Å². The molecule has 0 saturated carbocycles. The van der Waals surface area contributed by atoms with Crippen molar-refractivity contribution in [3.8, 4) is 0 Å². The van der Waals surface area contributed by atoms with Crippen LogP contribution in [-0.2, 0) is 11.3 Å². The average molecular weight is 258 g/mol. The van der Waals surface area contributed by atoms with E-state index in [1.165, 1.54) is 6.07 Å². The standard InChI is InChI=1S/C13H17ClFNO/c1-13(5-2-6-17-9-13)16-8-10-7-11(14)3-4-12(10)15/h3-4,7,16H,2,5-6,8-9H2,1H3. The molecule has 0 bridgehead atoms. The molecule has 1 aliphatic rings. The van der Waals surface area contributed by atoms with E-state index in [1.807, 2.05) is 0 Å². The fourth-order valence-electron chi connectivity index (χ4n) is 2.06. The minimum absolute atomic E-state index is 0.0625. The molecule has 2 nitrogen and oxygen atoms in total. The van der Waals surface area contributed by atoms with Crippen LogP contribution in [0.25, 0.3) is 0 Å². The highest BCUT2D eigenvalue weighted by Gasteiger charge is 2.26. The van der Waals surface area contributed by atoms with E-state index in [0.29, 0.717) is 23.7 Å². The predicted octanol–water partition coefficient (Wildman–Crippen LogP) is 3.14. The van der Waals surface area contributed by atoms with Gasteiger partial charge in [-0.3, -0.25) is 0 Å². The lowest BCUT2D eigenvalue weighted by molar-refractivity contribution is 0.0276. The fourth-order valence-corrected chi connectivity index (χ4v) is 2.26. The third-order valence-electron chi connectivity index (χ3n) is 3.15. The summed E-state index contributed by atoms with van der Waals surface area (Å²) in [5.41, 5.74) is 0.539. The van der Waals surface area contributed by atoms with Gasteiger partial charge in [0.1, 0.15) is 5.82 Å². The van der Waals surface area contributed by atoms with E-state index in [9.17, 15) is 4.39 Å². The summed E-state index contributed by atoms with van der Waals surface area (Å²) in [5.74, 6) is -0.220. The third kappa shape index (κ3) is 3.41. The first-order valence-corrected chi connectivity index (χ1v) is 6.24. The maximum atomic E-state index is 13.5. The van der Waals surface area contributed by atoms with Crippen molar-refractivity contribution in [1.29, 1.82) is 0 Å². The summed E-state index contributed by atoms with van der Waals surface area (Å²) in [6.07, 6.45) is 2.09. The van der Waals surface area contributed by atoms with Gasteiger partial charge in [0, 0.05) is 29.3 Å². The molecule has 2 rings (SSSR count). The van der Waals surface area contributed by atoms with Crippen LogP contribution in [0, 0.1) is 5.82 Å². The van der Waals surface area contributed by atoms with Crippen molar-refractivity contribution >= 4 is 11.6 Å². The van der Waals surface area contributed by atoms with Crippen molar-refractivity contribution in [3.63, 3.8) is 0 Å². The zero-order chi connectivity index (χ0) is 12.3. The smallest absolute Gasteiger partial charge is 0.127 e. The lowest BCUT2D eigenvalue weighted by Crippen LogP contribution is -2.48. The first-order valence-electron chi connectivity index (χ1n) is 5.86. The fraction of sp³-hybridized carbons (Fsp3) is 0.538. The molecule has 0 aliphatic carbocycles. The highest BCUT2D eigenvalue weighted by Crippen LogP contribution is 2.20. The molecular weight excluding hydrogens is 241 g/mol. The molecule has 0 aromatic heterocycles. The van der Waals surface area contributed by atoms with Gasteiger partial charge in [-0.05, 0) is 38.0 Å². The summed E-state index contributed by atoms with van der Waals surface area (Å²) in [6, 6.07) is 4.63. The Morgan fingerprint density at radius 1 is 1.53 bits per heavy atom. The number of nitrogens with one attached hydrogen (secondary N) is 1. The summed E-state index contributed by atoms with van der Waals surface area (Å²) < 4.78 is 19.0. The molecule has 0 radical (unpaired) electrons. The monoisotopic (exact) mass is 257 g/mol. The lowest BCUT2D eigenvalue weighted by atomic mass is 9.94. The van der Waals surface area contributed by atoms with E-state index in [1.54, 1.807) is 12.1 Å². The molecule has 1 heterocycles. The maximum Gasteiger partial charge on any atom is 0.127 e. The van der Waals surface area contributed by atoms with Crippen LogP contribution in [-0.4, -0.2) is 18.8 Å². The number of ether oxygens (including phenoxy) is 1. The first-order chi connectivity index (χ1) is 8.09. The summed E-state index contributed by atoms with van der Waals surface area (Å²) in [7, 11) is 0. The van der Waals surface area contributed by atoms with Crippen molar-refractivity contribution in [1.82, 2.24) is 5.32 Å². The van der Waals surface area contributed by atoms with Gasteiger partial charge in [0.15, 0.2) is 0 Å². The van der Waals surface area contributed by atoms with Crippen molar-refractivity contribution in [2.24, 2.45) is 0 Å². The van der Waals surface area contributed by atoms with Gasteiger partial charge in [0.2, 0.25) is 0 Å². The van der Waals surface area contributed by atoms with E-state index in [0.717, 1.165) is 19.4 Å². The van der Waals surface area contributed by atoms with E-state index >= 15 is 0 Å².